The number of allylic oxidation sites excluding steroid dienone is 2. The fourth-order valence-corrected chi connectivity index (χ4v) is 2.13. The van der Waals surface area contributed by atoms with Crippen LogP contribution >= 0.6 is 0 Å². The predicted octanol–water partition coefficient (Wildman–Crippen LogP) is 2.75. The van der Waals surface area contributed by atoms with E-state index < -0.39 is 14.2 Å². The quantitative estimate of drug-likeness (QED) is 0.555. The lowest BCUT2D eigenvalue weighted by atomic mass is 9.99. The summed E-state index contributed by atoms with van der Waals surface area (Å²) < 4.78 is 0. The molecule has 0 radical (unpaired) electrons. The maximum Gasteiger partial charge on any atom is 0.0687 e. The molecular formula is C13H26O2Si. The highest BCUT2D eigenvalue weighted by molar-refractivity contribution is 6.81. The molecule has 0 spiro atoms. The van der Waals surface area contributed by atoms with Crippen LogP contribution in [0, 0.1) is 5.92 Å². The van der Waals surface area contributed by atoms with Crippen molar-refractivity contribution >= 4 is 8.07 Å². The van der Waals surface area contributed by atoms with Crippen LogP contribution in [0.25, 0.3) is 0 Å². The number of hydrogen-bond donors (Lipinski definition) is 2. The van der Waals surface area contributed by atoms with Gasteiger partial charge >= 0.3 is 0 Å². The summed E-state index contributed by atoms with van der Waals surface area (Å²) >= 11 is 0. The molecule has 0 aliphatic heterocycles. The lowest BCUT2D eigenvalue weighted by Gasteiger charge is -2.16. The van der Waals surface area contributed by atoms with Gasteiger partial charge in [-0.1, -0.05) is 50.0 Å². The Bertz CT molecular complexity index is 251. The fourth-order valence-electron chi connectivity index (χ4n) is 1.36. The Morgan fingerprint density at radius 1 is 1.31 bits per heavy atom. The van der Waals surface area contributed by atoms with E-state index >= 15 is 0 Å². The molecule has 0 aliphatic carbocycles. The zero-order chi connectivity index (χ0) is 12.8. The molecule has 2 nitrogen and oxygen atoms in total. The third-order valence-corrected chi connectivity index (χ3v) is 3.61. The van der Waals surface area contributed by atoms with Gasteiger partial charge in [-0.25, -0.2) is 0 Å². The monoisotopic (exact) mass is 242 g/mol. The molecule has 0 fully saturated rings. The van der Waals surface area contributed by atoms with E-state index in [-0.39, 0.29) is 12.5 Å². The Morgan fingerprint density at radius 2 is 1.88 bits per heavy atom. The standard InChI is InChI=1S/C13H26O2Si/c1-6-13(15)12(10-14)9-11(2)7-8-16(3,4)5/h7-9,12-15H,6,10H2,1-5H3/b8-7+,11-9+/t12-,13+/m0/s1. The Kier molecular flexibility index (Phi) is 6.87. The summed E-state index contributed by atoms with van der Waals surface area (Å²) in [4.78, 5) is 0. The molecule has 0 bridgehead atoms. The molecule has 94 valence electrons. The summed E-state index contributed by atoms with van der Waals surface area (Å²) in [5.41, 5.74) is 3.39. The van der Waals surface area contributed by atoms with Crippen LogP contribution in [0.4, 0.5) is 0 Å². The van der Waals surface area contributed by atoms with Crippen LogP contribution in [0.2, 0.25) is 19.6 Å². The van der Waals surface area contributed by atoms with Crippen molar-refractivity contribution in [2.45, 2.75) is 46.0 Å². The zero-order valence-electron chi connectivity index (χ0n) is 11.2. The van der Waals surface area contributed by atoms with Gasteiger partial charge in [0.25, 0.3) is 0 Å². The van der Waals surface area contributed by atoms with Crippen molar-refractivity contribution in [2.24, 2.45) is 5.92 Å². The Labute approximate surface area is 101 Å². The van der Waals surface area contributed by atoms with Gasteiger partial charge in [-0.15, -0.1) is 0 Å². The molecule has 2 N–H and O–H groups in total. The Morgan fingerprint density at radius 3 is 2.25 bits per heavy atom. The van der Waals surface area contributed by atoms with Gasteiger partial charge in [0, 0.05) is 5.92 Å². The van der Waals surface area contributed by atoms with E-state index in [1.165, 1.54) is 0 Å². The van der Waals surface area contributed by atoms with Crippen molar-refractivity contribution in [3.8, 4) is 0 Å². The van der Waals surface area contributed by atoms with E-state index in [9.17, 15) is 10.2 Å². The summed E-state index contributed by atoms with van der Waals surface area (Å²) in [6.45, 7) is 10.8. The zero-order valence-corrected chi connectivity index (χ0v) is 12.2. The van der Waals surface area contributed by atoms with Gasteiger partial charge in [0.1, 0.15) is 0 Å². The van der Waals surface area contributed by atoms with Gasteiger partial charge in [-0.3, -0.25) is 0 Å². The molecule has 0 aromatic carbocycles. The van der Waals surface area contributed by atoms with Crippen LogP contribution in [0.3, 0.4) is 0 Å². The third-order valence-electron chi connectivity index (χ3n) is 2.45. The van der Waals surface area contributed by atoms with Crippen molar-refractivity contribution in [2.75, 3.05) is 6.61 Å². The van der Waals surface area contributed by atoms with Crippen molar-refractivity contribution < 1.29 is 10.2 Å². The maximum absolute atomic E-state index is 9.67. The van der Waals surface area contributed by atoms with E-state index in [2.05, 4.69) is 31.4 Å². The number of aliphatic hydroxyl groups is 2. The third kappa shape index (κ3) is 6.98. The highest BCUT2D eigenvalue weighted by Crippen LogP contribution is 2.13. The van der Waals surface area contributed by atoms with Gasteiger partial charge in [-0.05, 0) is 13.3 Å². The lowest BCUT2D eigenvalue weighted by Crippen LogP contribution is -2.21. The van der Waals surface area contributed by atoms with Crippen LogP contribution < -0.4 is 0 Å². The first kappa shape index (κ1) is 15.6. The first-order valence-corrected chi connectivity index (χ1v) is 9.54. The normalized spacial score (nSPS) is 17.8. The Hall–Kier alpha value is -0.383. The van der Waals surface area contributed by atoms with E-state index in [1.54, 1.807) is 0 Å². The lowest BCUT2D eigenvalue weighted by molar-refractivity contribution is 0.0885. The average molecular weight is 242 g/mol. The minimum atomic E-state index is -1.16. The molecule has 0 aromatic heterocycles. The van der Waals surface area contributed by atoms with Crippen molar-refractivity contribution in [3.05, 3.63) is 23.4 Å². The Balaban J connectivity index is 4.56. The van der Waals surface area contributed by atoms with Crippen LogP contribution in [0.5, 0.6) is 0 Å². The summed E-state index contributed by atoms with van der Waals surface area (Å²) in [6.07, 6.45) is 4.30. The molecule has 2 atom stereocenters. The van der Waals surface area contributed by atoms with E-state index in [0.29, 0.717) is 6.42 Å². The molecule has 0 heterocycles. The van der Waals surface area contributed by atoms with E-state index in [4.69, 9.17) is 0 Å². The number of aliphatic hydroxyl groups excluding tert-OH is 2. The summed E-state index contributed by atoms with van der Waals surface area (Å²) in [6, 6.07) is 0. The summed E-state index contributed by atoms with van der Waals surface area (Å²) in [5, 5.41) is 18.9. The molecule has 3 heteroatoms. The van der Waals surface area contributed by atoms with Gasteiger partial charge in [0.15, 0.2) is 0 Å². The second-order valence-electron chi connectivity index (χ2n) is 5.43. The van der Waals surface area contributed by atoms with Crippen molar-refractivity contribution in [1.29, 1.82) is 0 Å². The van der Waals surface area contributed by atoms with Crippen molar-refractivity contribution in [3.63, 3.8) is 0 Å². The fraction of sp³-hybridized carbons (Fsp3) is 0.692. The topological polar surface area (TPSA) is 40.5 Å². The van der Waals surface area contributed by atoms with Gasteiger partial charge in [0.2, 0.25) is 0 Å². The molecule has 0 aromatic rings. The highest BCUT2D eigenvalue weighted by Gasteiger charge is 2.13. The molecule has 0 amide bonds. The molecule has 0 unspecified atom stereocenters. The maximum atomic E-state index is 9.67. The second kappa shape index (κ2) is 7.04. The smallest absolute Gasteiger partial charge is 0.0687 e. The molecule has 0 aliphatic rings. The van der Waals surface area contributed by atoms with E-state index in [0.717, 1.165) is 5.57 Å². The number of rotatable bonds is 6. The molecular weight excluding hydrogens is 216 g/mol. The van der Waals surface area contributed by atoms with Crippen LogP contribution in [-0.2, 0) is 0 Å². The SMILES string of the molecule is CC[C@@H](O)[C@@H](/C=C(C)/C=C/[Si](C)(C)C)CO. The molecule has 0 saturated heterocycles. The van der Waals surface area contributed by atoms with Crippen molar-refractivity contribution in [1.82, 2.24) is 0 Å². The van der Waals surface area contributed by atoms with Gasteiger partial charge < -0.3 is 10.2 Å². The van der Waals surface area contributed by atoms with Crippen LogP contribution in [0.1, 0.15) is 20.3 Å². The molecule has 0 saturated carbocycles. The summed E-state index contributed by atoms with van der Waals surface area (Å²) in [5.74, 6) is -0.142. The first-order chi connectivity index (χ1) is 7.30. The minimum absolute atomic E-state index is 0.00708. The van der Waals surface area contributed by atoms with Crippen LogP contribution in [-0.4, -0.2) is 31.0 Å². The summed E-state index contributed by atoms with van der Waals surface area (Å²) in [7, 11) is -1.16. The molecule has 16 heavy (non-hydrogen) atoms. The van der Waals surface area contributed by atoms with Crippen LogP contribution in [0.15, 0.2) is 23.4 Å². The largest absolute Gasteiger partial charge is 0.396 e. The van der Waals surface area contributed by atoms with E-state index in [1.807, 2.05) is 19.9 Å². The highest BCUT2D eigenvalue weighted by atomic mass is 28.3. The van der Waals surface area contributed by atoms with Gasteiger partial charge in [0.05, 0.1) is 20.8 Å². The number of hydrogen-bond acceptors (Lipinski definition) is 2. The predicted molar refractivity (Wildman–Crippen MR) is 73.1 cm³/mol. The molecule has 0 rings (SSSR count). The minimum Gasteiger partial charge on any atom is -0.396 e. The first-order valence-electron chi connectivity index (χ1n) is 5.96. The van der Waals surface area contributed by atoms with Gasteiger partial charge in [-0.2, -0.15) is 0 Å². The average Bonchev–Trinajstić information content (AvgIpc) is 2.21. The second-order valence-corrected chi connectivity index (χ2v) is 10.5.